The number of anilines is 1. The molecule has 3 N–H and O–H groups in total. The van der Waals surface area contributed by atoms with E-state index in [1.807, 2.05) is 30.3 Å². The third-order valence-electron chi connectivity index (χ3n) is 4.95. The summed E-state index contributed by atoms with van der Waals surface area (Å²) in [5, 5.41) is 17.5. The van der Waals surface area contributed by atoms with Gasteiger partial charge < -0.3 is 16.0 Å². The molecular formula is C21H15FN6O2S. The van der Waals surface area contributed by atoms with Crippen molar-refractivity contribution in [3.63, 3.8) is 0 Å². The molecular weight excluding hydrogens is 419 g/mol. The Hall–Kier alpha value is -3.92. The summed E-state index contributed by atoms with van der Waals surface area (Å²) in [5.74, 6) is -0.891. The Kier molecular flexibility index (Phi) is 4.55. The molecule has 8 nitrogen and oxygen atoms in total. The molecule has 154 valence electrons. The summed E-state index contributed by atoms with van der Waals surface area (Å²) in [5.41, 5.74) is 3.27. The number of nitrogens with zero attached hydrogens (tertiary/aromatic N) is 3. The highest BCUT2D eigenvalue weighted by molar-refractivity contribution is 7.16. The van der Waals surface area contributed by atoms with Crippen molar-refractivity contribution < 1.29 is 14.0 Å². The van der Waals surface area contributed by atoms with E-state index >= 15 is 0 Å². The Balaban J connectivity index is 1.54. The van der Waals surface area contributed by atoms with Gasteiger partial charge in [0.1, 0.15) is 16.5 Å². The first-order valence-electron chi connectivity index (χ1n) is 9.36. The molecule has 0 fully saturated rings. The lowest BCUT2D eigenvalue weighted by Crippen LogP contribution is -2.42. The van der Waals surface area contributed by atoms with Gasteiger partial charge in [0, 0.05) is 16.8 Å². The molecule has 0 radical (unpaired) electrons. The maximum Gasteiger partial charge on any atom is 0.319 e. The fourth-order valence-electron chi connectivity index (χ4n) is 3.57. The lowest BCUT2D eigenvalue weighted by atomic mass is 9.96. The SMILES string of the molecule is CC1=C(c2nnc(N=C3C(=O)Nc4ccc(F)cc43)s2)C(c2ccccc2)NC(=O)N1. The van der Waals surface area contributed by atoms with Gasteiger partial charge >= 0.3 is 6.03 Å². The Bertz CT molecular complexity index is 1280. The maximum atomic E-state index is 13.7. The van der Waals surface area contributed by atoms with Crippen molar-refractivity contribution in [2.75, 3.05) is 5.32 Å². The predicted octanol–water partition coefficient (Wildman–Crippen LogP) is 3.54. The normalized spacial score (nSPS) is 19.2. The number of halogens is 1. The first kappa shape index (κ1) is 19.1. The van der Waals surface area contributed by atoms with Crippen LogP contribution in [0, 0.1) is 5.82 Å². The molecule has 3 aromatic rings. The second-order valence-electron chi connectivity index (χ2n) is 6.98. The zero-order chi connectivity index (χ0) is 21.5. The van der Waals surface area contributed by atoms with Crippen LogP contribution in [0.4, 0.5) is 20.0 Å². The molecule has 5 rings (SSSR count). The van der Waals surface area contributed by atoms with E-state index in [9.17, 15) is 14.0 Å². The molecule has 2 aliphatic heterocycles. The highest BCUT2D eigenvalue weighted by Crippen LogP contribution is 2.37. The summed E-state index contributed by atoms with van der Waals surface area (Å²) in [6.45, 7) is 1.79. The van der Waals surface area contributed by atoms with Crippen LogP contribution < -0.4 is 16.0 Å². The van der Waals surface area contributed by atoms with Crippen LogP contribution in [0.25, 0.3) is 5.57 Å². The summed E-state index contributed by atoms with van der Waals surface area (Å²) >= 11 is 1.18. The quantitative estimate of drug-likeness (QED) is 0.586. The van der Waals surface area contributed by atoms with Crippen LogP contribution in [0.5, 0.6) is 0 Å². The molecule has 0 bridgehead atoms. The summed E-state index contributed by atoms with van der Waals surface area (Å²) in [7, 11) is 0. The van der Waals surface area contributed by atoms with E-state index in [4.69, 9.17) is 0 Å². The van der Waals surface area contributed by atoms with Gasteiger partial charge in [-0.3, -0.25) is 4.79 Å². The molecule has 1 unspecified atom stereocenters. The van der Waals surface area contributed by atoms with Crippen LogP contribution in [0.2, 0.25) is 0 Å². The molecule has 10 heteroatoms. The topological polar surface area (TPSA) is 108 Å². The largest absolute Gasteiger partial charge is 0.327 e. The van der Waals surface area contributed by atoms with Gasteiger partial charge in [0.05, 0.1) is 11.7 Å². The average molecular weight is 434 g/mol. The predicted molar refractivity (Wildman–Crippen MR) is 115 cm³/mol. The van der Waals surface area contributed by atoms with Gasteiger partial charge in [0.25, 0.3) is 5.91 Å². The number of allylic oxidation sites excluding steroid dienone is 1. The molecule has 1 atom stereocenters. The second-order valence-corrected chi connectivity index (χ2v) is 7.93. The number of carbonyl (C=O) groups excluding carboxylic acids is 2. The van der Waals surface area contributed by atoms with Crippen molar-refractivity contribution in [1.29, 1.82) is 0 Å². The third kappa shape index (κ3) is 3.46. The number of hydrogen-bond acceptors (Lipinski definition) is 6. The van der Waals surface area contributed by atoms with Crippen molar-refractivity contribution in [1.82, 2.24) is 20.8 Å². The van der Waals surface area contributed by atoms with Crippen LogP contribution in [0.15, 0.2) is 59.2 Å². The standard InChI is InChI=1S/C21H15FN6O2S/c1-10-15(16(25-20(30)23-10)11-5-3-2-4-6-11)19-27-28-21(31-19)26-17-13-9-12(22)7-8-14(13)24-18(17)29/h2-9,16H,1H3,(H2,23,25,30)(H,24,26,28,29). The number of nitrogens with one attached hydrogen (secondary N) is 3. The van der Waals surface area contributed by atoms with Gasteiger partial charge in [0.15, 0.2) is 0 Å². The fraction of sp³-hybridized carbons (Fsp3) is 0.0952. The Morgan fingerprint density at radius 1 is 1.06 bits per heavy atom. The summed E-state index contributed by atoms with van der Waals surface area (Å²) < 4.78 is 13.7. The van der Waals surface area contributed by atoms with E-state index in [0.717, 1.165) is 11.1 Å². The number of fused-ring (bicyclic) bond motifs is 1. The van der Waals surface area contributed by atoms with E-state index in [2.05, 4.69) is 31.1 Å². The molecule has 3 amide bonds. The third-order valence-corrected chi connectivity index (χ3v) is 5.80. The number of carbonyl (C=O) groups is 2. The molecule has 3 heterocycles. The highest BCUT2D eigenvalue weighted by atomic mass is 32.1. The second kappa shape index (κ2) is 7.40. The minimum Gasteiger partial charge on any atom is -0.327 e. The average Bonchev–Trinajstić information content (AvgIpc) is 3.33. The lowest BCUT2D eigenvalue weighted by Gasteiger charge is -2.28. The van der Waals surface area contributed by atoms with Crippen LogP contribution in [0.3, 0.4) is 0 Å². The molecule has 0 aliphatic carbocycles. The van der Waals surface area contributed by atoms with Gasteiger partial charge in [-0.15, -0.1) is 10.2 Å². The van der Waals surface area contributed by atoms with E-state index in [1.165, 1.54) is 29.5 Å². The maximum absolute atomic E-state index is 13.7. The van der Waals surface area contributed by atoms with Gasteiger partial charge in [-0.1, -0.05) is 41.7 Å². The number of rotatable bonds is 3. The molecule has 0 spiro atoms. The molecule has 31 heavy (non-hydrogen) atoms. The first-order chi connectivity index (χ1) is 15.0. The molecule has 2 aliphatic rings. The van der Waals surface area contributed by atoms with Crippen molar-refractivity contribution >= 4 is 45.4 Å². The molecule has 0 saturated carbocycles. The van der Waals surface area contributed by atoms with E-state index in [-0.39, 0.29) is 16.9 Å². The number of benzene rings is 2. The van der Waals surface area contributed by atoms with Crippen molar-refractivity contribution in [2.24, 2.45) is 4.99 Å². The summed E-state index contributed by atoms with van der Waals surface area (Å²) in [4.78, 5) is 28.7. The smallest absolute Gasteiger partial charge is 0.319 e. The Labute approximate surface area is 179 Å². The number of urea groups is 1. The highest BCUT2D eigenvalue weighted by Gasteiger charge is 2.31. The minimum atomic E-state index is -0.462. The fourth-order valence-corrected chi connectivity index (χ4v) is 4.43. The van der Waals surface area contributed by atoms with E-state index in [0.29, 0.717) is 22.0 Å². The Morgan fingerprint density at radius 3 is 2.68 bits per heavy atom. The monoisotopic (exact) mass is 434 g/mol. The lowest BCUT2D eigenvalue weighted by molar-refractivity contribution is -0.110. The van der Waals surface area contributed by atoms with Crippen molar-refractivity contribution in [2.45, 2.75) is 13.0 Å². The van der Waals surface area contributed by atoms with E-state index < -0.39 is 17.8 Å². The van der Waals surface area contributed by atoms with E-state index in [1.54, 1.807) is 6.92 Å². The summed E-state index contributed by atoms with van der Waals surface area (Å²) in [6.07, 6.45) is 0. The molecule has 0 saturated heterocycles. The van der Waals surface area contributed by atoms with Crippen LogP contribution in [-0.2, 0) is 4.79 Å². The van der Waals surface area contributed by atoms with Crippen molar-refractivity contribution in [3.05, 3.63) is 76.2 Å². The van der Waals surface area contributed by atoms with Crippen LogP contribution in [-0.4, -0.2) is 27.8 Å². The van der Waals surface area contributed by atoms with Gasteiger partial charge in [0.2, 0.25) is 5.13 Å². The zero-order valence-corrected chi connectivity index (χ0v) is 17.0. The first-order valence-corrected chi connectivity index (χ1v) is 10.2. The Morgan fingerprint density at radius 2 is 1.87 bits per heavy atom. The van der Waals surface area contributed by atoms with Crippen LogP contribution >= 0.6 is 11.3 Å². The molecule has 1 aromatic heterocycles. The number of aliphatic imine (C=N–C) groups is 1. The van der Waals surface area contributed by atoms with Crippen LogP contribution in [0.1, 0.15) is 29.1 Å². The van der Waals surface area contributed by atoms with Gasteiger partial charge in [-0.2, -0.15) is 0 Å². The zero-order valence-electron chi connectivity index (χ0n) is 16.1. The van der Waals surface area contributed by atoms with Gasteiger partial charge in [-0.05, 0) is 30.7 Å². The number of hydrogen-bond donors (Lipinski definition) is 3. The number of aromatic nitrogens is 2. The minimum absolute atomic E-state index is 0.0811. The molecule has 2 aromatic carbocycles. The van der Waals surface area contributed by atoms with Crippen molar-refractivity contribution in [3.8, 4) is 0 Å². The van der Waals surface area contributed by atoms with Gasteiger partial charge in [-0.25, -0.2) is 14.2 Å². The number of amides is 3. The summed E-state index contributed by atoms with van der Waals surface area (Å²) in [6, 6.07) is 12.8.